The van der Waals surface area contributed by atoms with Gasteiger partial charge in [-0.2, -0.15) is 0 Å². The number of Topliss-reactive ketones (excluding diaryl/α,β-unsaturated/α-hetero) is 1. The fourth-order valence-corrected chi connectivity index (χ4v) is 4.46. The summed E-state index contributed by atoms with van der Waals surface area (Å²) in [6, 6.07) is 11.2. The van der Waals surface area contributed by atoms with Crippen LogP contribution in [-0.4, -0.2) is 47.5 Å². The van der Waals surface area contributed by atoms with Crippen molar-refractivity contribution in [3.63, 3.8) is 0 Å². The van der Waals surface area contributed by atoms with Crippen LogP contribution >= 0.6 is 0 Å². The Labute approximate surface area is 174 Å². The molecule has 2 aromatic carbocycles. The van der Waals surface area contributed by atoms with Crippen molar-refractivity contribution in [1.82, 2.24) is 14.9 Å². The highest BCUT2D eigenvalue weighted by Gasteiger charge is 2.32. The molecule has 1 aromatic heterocycles. The number of para-hydroxylation sites is 2. The zero-order valence-corrected chi connectivity index (χ0v) is 16.9. The maximum atomic E-state index is 14.8. The Balaban J connectivity index is 1.33. The number of ketones is 1. The molecule has 30 heavy (non-hydrogen) atoms. The Morgan fingerprint density at radius 3 is 2.93 bits per heavy atom. The maximum absolute atomic E-state index is 14.8. The van der Waals surface area contributed by atoms with Crippen LogP contribution in [0.4, 0.5) is 4.39 Å². The third-order valence-corrected chi connectivity index (χ3v) is 6.12. The van der Waals surface area contributed by atoms with Crippen LogP contribution in [0.5, 0.6) is 11.5 Å². The molecule has 0 bridgehead atoms. The number of nitrogens with zero attached hydrogens (tertiary/aromatic N) is 2. The van der Waals surface area contributed by atoms with Gasteiger partial charge in [-0.25, -0.2) is 9.37 Å². The normalized spacial score (nSPS) is 21.7. The Kier molecular flexibility index (Phi) is 4.90. The van der Waals surface area contributed by atoms with Crippen LogP contribution in [0.2, 0.25) is 0 Å². The summed E-state index contributed by atoms with van der Waals surface area (Å²) < 4.78 is 25.6. The fraction of sp³-hybridized carbons (Fsp3) is 0.391. The van der Waals surface area contributed by atoms with Crippen LogP contribution in [0.15, 0.2) is 36.4 Å². The molecule has 0 saturated carbocycles. The molecule has 0 radical (unpaired) electrons. The Hall–Kier alpha value is -2.93. The summed E-state index contributed by atoms with van der Waals surface area (Å²) in [6.07, 6.45) is 2.00. The summed E-state index contributed by atoms with van der Waals surface area (Å²) in [5.41, 5.74) is 2.04. The van der Waals surface area contributed by atoms with E-state index in [1.54, 1.807) is 6.07 Å². The van der Waals surface area contributed by atoms with Gasteiger partial charge in [0.25, 0.3) is 0 Å². The number of hydrogen-bond acceptors (Lipinski definition) is 5. The molecule has 1 fully saturated rings. The number of aromatic amines is 1. The zero-order chi connectivity index (χ0) is 20.7. The number of likely N-dealkylation sites (tertiary alicyclic amines) is 1. The second-order valence-corrected chi connectivity index (χ2v) is 8.10. The molecule has 156 valence electrons. The quantitative estimate of drug-likeness (QED) is 0.657. The van der Waals surface area contributed by atoms with Gasteiger partial charge < -0.3 is 14.5 Å². The molecule has 0 amide bonds. The van der Waals surface area contributed by atoms with Crippen LogP contribution in [0, 0.1) is 11.7 Å². The molecule has 1 N–H and O–H groups in total. The largest absolute Gasteiger partial charge is 0.486 e. The Bertz CT molecular complexity index is 1060. The molecule has 2 atom stereocenters. The van der Waals surface area contributed by atoms with Crippen molar-refractivity contribution < 1.29 is 18.7 Å². The fourth-order valence-electron chi connectivity index (χ4n) is 4.46. The predicted molar refractivity (Wildman–Crippen MR) is 111 cm³/mol. The Morgan fingerprint density at radius 1 is 1.23 bits per heavy atom. The monoisotopic (exact) mass is 409 g/mol. The molecule has 3 aromatic rings. The number of ether oxygens (including phenoxy) is 2. The van der Waals surface area contributed by atoms with Gasteiger partial charge >= 0.3 is 0 Å². The number of rotatable bonds is 4. The van der Waals surface area contributed by atoms with Crippen molar-refractivity contribution in [2.24, 2.45) is 5.92 Å². The average molecular weight is 409 g/mol. The van der Waals surface area contributed by atoms with Gasteiger partial charge in [0.05, 0.1) is 22.6 Å². The minimum absolute atomic E-state index is 0.0515. The van der Waals surface area contributed by atoms with Crippen LogP contribution < -0.4 is 9.47 Å². The Morgan fingerprint density at radius 2 is 2.07 bits per heavy atom. The van der Waals surface area contributed by atoms with E-state index in [1.807, 2.05) is 24.3 Å². The summed E-state index contributed by atoms with van der Waals surface area (Å²) in [7, 11) is 2.08. The molecule has 5 rings (SSSR count). The minimum Gasteiger partial charge on any atom is -0.486 e. The van der Waals surface area contributed by atoms with Crippen molar-refractivity contribution in [1.29, 1.82) is 0 Å². The highest BCUT2D eigenvalue weighted by atomic mass is 19.1. The van der Waals surface area contributed by atoms with Crippen LogP contribution in [0.25, 0.3) is 11.0 Å². The lowest BCUT2D eigenvalue weighted by Gasteiger charge is -2.35. The smallest absolute Gasteiger partial charge is 0.197 e. The lowest BCUT2D eigenvalue weighted by atomic mass is 9.85. The molecule has 2 aliphatic heterocycles. The number of aromatic nitrogens is 2. The first-order valence-electron chi connectivity index (χ1n) is 10.4. The van der Waals surface area contributed by atoms with E-state index < -0.39 is 5.82 Å². The lowest BCUT2D eigenvalue weighted by Crippen LogP contribution is -2.35. The summed E-state index contributed by atoms with van der Waals surface area (Å²) in [4.78, 5) is 23.3. The highest BCUT2D eigenvalue weighted by Crippen LogP contribution is 2.37. The SMILES string of the molecule is CN1CC[C@@H](CC(=O)c2ccc3c(c2F)OCCO3)C[C@@H]1c1nc2ccccc2[nH]1. The van der Waals surface area contributed by atoms with Gasteiger partial charge in [-0.3, -0.25) is 9.69 Å². The third kappa shape index (κ3) is 3.43. The highest BCUT2D eigenvalue weighted by molar-refractivity contribution is 5.97. The summed E-state index contributed by atoms with van der Waals surface area (Å²) in [5, 5.41) is 0. The molecular weight excluding hydrogens is 385 g/mol. The minimum atomic E-state index is -0.612. The summed E-state index contributed by atoms with van der Waals surface area (Å²) in [6.45, 7) is 1.54. The van der Waals surface area contributed by atoms with Crippen molar-refractivity contribution in [3.8, 4) is 11.5 Å². The topological polar surface area (TPSA) is 67.5 Å². The van der Waals surface area contributed by atoms with E-state index in [4.69, 9.17) is 14.5 Å². The van der Waals surface area contributed by atoms with Crippen molar-refractivity contribution >= 4 is 16.8 Å². The van der Waals surface area contributed by atoms with E-state index in [0.717, 1.165) is 36.2 Å². The van der Waals surface area contributed by atoms with E-state index in [-0.39, 0.29) is 35.7 Å². The van der Waals surface area contributed by atoms with Crippen molar-refractivity contribution in [2.45, 2.75) is 25.3 Å². The number of carbonyl (C=O) groups is 1. The molecule has 7 heteroatoms. The van der Waals surface area contributed by atoms with Gasteiger partial charge in [0.2, 0.25) is 0 Å². The molecule has 0 aliphatic carbocycles. The second kappa shape index (κ2) is 7.72. The standard InChI is InChI=1S/C23H24FN3O3/c1-27-9-8-14(12-18(27)23-25-16-4-2-3-5-17(16)26-23)13-19(28)15-6-7-20-22(21(15)24)30-11-10-29-20/h2-7,14,18H,8-13H2,1H3,(H,25,26)/t14-,18-/m1/s1. The first-order valence-corrected chi connectivity index (χ1v) is 10.4. The molecule has 0 spiro atoms. The van der Waals surface area contributed by atoms with E-state index in [2.05, 4.69) is 16.9 Å². The first-order chi connectivity index (χ1) is 14.6. The molecule has 2 aliphatic rings. The molecule has 0 unspecified atom stereocenters. The number of carbonyl (C=O) groups excluding carboxylic acids is 1. The van der Waals surface area contributed by atoms with Crippen LogP contribution in [-0.2, 0) is 0 Å². The van der Waals surface area contributed by atoms with Crippen LogP contribution in [0.1, 0.15) is 41.5 Å². The summed E-state index contributed by atoms with van der Waals surface area (Å²) >= 11 is 0. The summed E-state index contributed by atoms with van der Waals surface area (Å²) in [5.74, 6) is 0.692. The van der Waals surface area contributed by atoms with Crippen LogP contribution in [0.3, 0.4) is 0 Å². The van der Waals surface area contributed by atoms with Gasteiger partial charge in [0, 0.05) is 6.42 Å². The zero-order valence-electron chi connectivity index (χ0n) is 16.9. The van der Waals surface area contributed by atoms with E-state index in [1.165, 1.54) is 6.07 Å². The van der Waals surface area contributed by atoms with E-state index in [0.29, 0.717) is 18.8 Å². The predicted octanol–water partition coefficient (Wildman–Crippen LogP) is 4.13. The molecule has 1 saturated heterocycles. The number of piperidine rings is 1. The van der Waals surface area contributed by atoms with Crippen molar-refractivity contribution in [2.75, 3.05) is 26.8 Å². The lowest BCUT2D eigenvalue weighted by molar-refractivity contribution is 0.0879. The van der Waals surface area contributed by atoms with Gasteiger partial charge in [-0.05, 0) is 56.6 Å². The number of hydrogen-bond donors (Lipinski definition) is 1. The average Bonchev–Trinajstić information content (AvgIpc) is 3.19. The van der Waals surface area contributed by atoms with Crippen molar-refractivity contribution in [3.05, 3.63) is 53.6 Å². The number of nitrogens with one attached hydrogen (secondary N) is 1. The number of benzene rings is 2. The van der Waals surface area contributed by atoms with Gasteiger partial charge in [-0.15, -0.1) is 0 Å². The maximum Gasteiger partial charge on any atom is 0.197 e. The van der Waals surface area contributed by atoms with Gasteiger partial charge in [0.1, 0.15) is 19.0 Å². The second-order valence-electron chi connectivity index (χ2n) is 8.10. The number of fused-ring (bicyclic) bond motifs is 2. The number of H-pyrrole nitrogens is 1. The molecular formula is C23H24FN3O3. The van der Waals surface area contributed by atoms with E-state index in [9.17, 15) is 9.18 Å². The van der Waals surface area contributed by atoms with Gasteiger partial charge in [0.15, 0.2) is 23.1 Å². The van der Waals surface area contributed by atoms with Gasteiger partial charge in [-0.1, -0.05) is 12.1 Å². The molecule has 3 heterocycles. The molecule has 6 nitrogen and oxygen atoms in total. The number of halogens is 1. The van der Waals surface area contributed by atoms with E-state index >= 15 is 0 Å². The third-order valence-electron chi connectivity index (χ3n) is 6.12. The first kappa shape index (κ1) is 19.1. The number of imidazole rings is 1.